The molecular weight excluding hydrogens is 529 g/mol. The molecule has 0 spiro atoms. The molecule has 2 aromatic carbocycles. The van der Waals surface area contributed by atoms with Crippen molar-refractivity contribution in [2.24, 2.45) is 0 Å². The molecule has 166 valence electrons. The highest BCUT2D eigenvalue weighted by Gasteiger charge is 2.21. The maximum Gasteiger partial charge on any atom is 0.395 e. The Morgan fingerprint density at radius 2 is 2.03 bits per heavy atom. The van der Waals surface area contributed by atoms with Crippen LogP contribution in [0.25, 0.3) is 12.2 Å². The topological polar surface area (TPSA) is 128 Å². The van der Waals surface area contributed by atoms with Crippen LogP contribution in [0.5, 0.6) is 17.4 Å². The van der Waals surface area contributed by atoms with E-state index in [1.165, 1.54) is 13.2 Å². The van der Waals surface area contributed by atoms with Crippen LogP contribution in [0.15, 0.2) is 39.6 Å². The van der Waals surface area contributed by atoms with E-state index in [1.54, 1.807) is 36.4 Å². The van der Waals surface area contributed by atoms with Crippen LogP contribution < -0.4 is 15.0 Å². The van der Waals surface area contributed by atoms with Gasteiger partial charge in [-0.15, -0.1) is 0 Å². The third-order valence-electron chi connectivity index (χ3n) is 4.15. The van der Waals surface area contributed by atoms with Crippen molar-refractivity contribution in [1.29, 1.82) is 0 Å². The van der Waals surface area contributed by atoms with Gasteiger partial charge in [0.2, 0.25) is 0 Å². The minimum absolute atomic E-state index is 0.0640. The second-order valence-corrected chi connectivity index (χ2v) is 7.97. The quantitative estimate of drug-likeness (QED) is 0.309. The van der Waals surface area contributed by atoms with Gasteiger partial charge in [-0.25, -0.2) is 0 Å². The molecule has 0 unspecified atom stereocenters. The highest BCUT2D eigenvalue weighted by atomic mass is 79.9. The number of ether oxygens (including phenoxy) is 2. The first-order valence-electron chi connectivity index (χ1n) is 8.79. The molecule has 3 rings (SSSR count). The maximum absolute atomic E-state index is 11.8. The molecule has 2 N–H and O–H groups in total. The summed E-state index contributed by atoms with van der Waals surface area (Å²) >= 11 is 15.5. The average molecular weight is 543 g/mol. The number of nitrogens with zero attached hydrogens (tertiary/aromatic N) is 2. The van der Waals surface area contributed by atoms with Crippen LogP contribution in [0.3, 0.4) is 0 Å². The number of hydrogen-bond acceptors (Lipinski definition) is 7. The minimum Gasteiger partial charge on any atom is -0.493 e. The second kappa shape index (κ2) is 10.0. The van der Waals surface area contributed by atoms with Gasteiger partial charge < -0.3 is 19.6 Å². The molecule has 12 heteroatoms. The lowest BCUT2D eigenvalue weighted by atomic mass is 10.2. The van der Waals surface area contributed by atoms with Crippen LogP contribution in [-0.4, -0.2) is 27.1 Å². The van der Waals surface area contributed by atoms with E-state index < -0.39 is 22.0 Å². The zero-order valence-corrected chi connectivity index (χ0v) is 19.4. The van der Waals surface area contributed by atoms with Crippen LogP contribution in [0.4, 0.5) is 5.69 Å². The van der Waals surface area contributed by atoms with E-state index in [4.69, 9.17) is 32.7 Å². The lowest BCUT2D eigenvalue weighted by Gasteiger charge is -2.14. The van der Waals surface area contributed by atoms with Gasteiger partial charge in [0.15, 0.2) is 11.5 Å². The van der Waals surface area contributed by atoms with Gasteiger partial charge in [-0.3, -0.25) is 14.9 Å². The molecular formula is C20H14BrCl2N3O6. The third-order valence-corrected chi connectivity index (χ3v) is 5.33. The van der Waals surface area contributed by atoms with Crippen molar-refractivity contribution in [3.63, 3.8) is 0 Å². The number of hydrogen-bond donors (Lipinski definition) is 2. The number of nitrogens with one attached hydrogen (secondary N) is 1. The van der Waals surface area contributed by atoms with Crippen LogP contribution in [0, 0.1) is 10.1 Å². The minimum atomic E-state index is -1.06. The smallest absolute Gasteiger partial charge is 0.395 e. The van der Waals surface area contributed by atoms with E-state index in [0.29, 0.717) is 31.6 Å². The fraction of sp³-hybridized carbons (Fsp3) is 0.100. The molecule has 0 fully saturated rings. The van der Waals surface area contributed by atoms with E-state index in [-0.39, 0.29) is 12.4 Å². The van der Waals surface area contributed by atoms with E-state index >= 15 is 0 Å². The lowest BCUT2D eigenvalue weighted by Crippen LogP contribution is -2.14. The number of benzene rings is 2. The van der Waals surface area contributed by atoms with Crippen molar-refractivity contribution >= 4 is 57.0 Å². The highest BCUT2D eigenvalue weighted by molar-refractivity contribution is 9.10. The van der Waals surface area contributed by atoms with E-state index in [2.05, 4.69) is 25.9 Å². The molecule has 0 aliphatic heterocycles. The Balaban J connectivity index is 1.84. The first-order valence-corrected chi connectivity index (χ1v) is 10.3. The Hall–Kier alpha value is -3.08. The Bertz CT molecular complexity index is 1280. The van der Waals surface area contributed by atoms with Crippen molar-refractivity contribution in [3.05, 3.63) is 82.3 Å². The molecule has 0 aliphatic rings. The van der Waals surface area contributed by atoms with Gasteiger partial charge in [0, 0.05) is 15.6 Å². The predicted molar refractivity (Wildman–Crippen MR) is 124 cm³/mol. The predicted octanol–water partition coefficient (Wildman–Crippen LogP) is 5.21. The normalized spacial score (nSPS) is 11.0. The highest BCUT2D eigenvalue weighted by Crippen LogP contribution is 2.38. The molecule has 0 atom stereocenters. The largest absolute Gasteiger partial charge is 0.493 e. The fourth-order valence-electron chi connectivity index (χ4n) is 2.66. The summed E-state index contributed by atoms with van der Waals surface area (Å²) in [5, 5.41) is 21.4. The molecule has 9 nitrogen and oxygen atoms in total. The summed E-state index contributed by atoms with van der Waals surface area (Å²) in [6.07, 6.45) is 2.94. The van der Waals surface area contributed by atoms with Crippen LogP contribution in [-0.2, 0) is 6.61 Å². The summed E-state index contributed by atoms with van der Waals surface area (Å²) < 4.78 is 11.9. The number of nitro groups is 1. The van der Waals surface area contributed by atoms with E-state index in [9.17, 15) is 20.0 Å². The summed E-state index contributed by atoms with van der Waals surface area (Å²) in [5.74, 6) is -0.181. The lowest BCUT2D eigenvalue weighted by molar-refractivity contribution is -0.387. The van der Waals surface area contributed by atoms with Crippen molar-refractivity contribution in [2.75, 3.05) is 7.11 Å². The second-order valence-electron chi connectivity index (χ2n) is 6.27. The molecule has 0 aliphatic carbocycles. The van der Waals surface area contributed by atoms with Gasteiger partial charge in [-0.2, -0.15) is 4.98 Å². The Morgan fingerprint density at radius 1 is 1.28 bits per heavy atom. The van der Waals surface area contributed by atoms with Gasteiger partial charge in [0.05, 0.1) is 16.5 Å². The van der Waals surface area contributed by atoms with Crippen LogP contribution >= 0.6 is 39.1 Å². The first-order chi connectivity index (χ1) is 15.2. The number of aromatic hydroxyl groups is 1. The Kier molecular flexibility index (Phi) is 7.39. The summed E-state index contributed by atoms with van der Waals surface area (Å²) in [4.78, 5) is 27.4. The monoisotopic (exact) mass is 541 g/mol. The number of rotatable bonds is 7. The Morgan fingerprint density at radius 3 is 2.66 bits per heavy atom. The third kappa shape index (κ3) is 5.39. The van der Waals surface area contributed by atoms with Gasteiger partial charge >= 0.3 is 11.2 Å². The van der Waals surface area contributed by atoms with E-state index in [1.807, 2.05) is 0 Å². The molecule has 1 heterocycles. The van der Waals surface area contributed by atoms with Gasteiger partial charge in [-0.1, -0.05) is 35.3 Å². The maximum atomic E-state index is 11.8. The number of halogens is 3. The number of methoxy groups -OCH3 is 1. The number of aromatic amines is 1. The zero-order valence-electron chi connectivity index (χ0n) is 16.3. The van der Waals surface area contributed by atoms with Gasteiger partial charge in [-0.05, 0) is 51.8 Å². The molecule has 3 aromatic rings. The SMILES string of the molecule is COc1cc(/C=C/c2nc(O)c([N+](=O)[O-])c(=O)[nH]2)cc(Br)c1OCc1ccc(Cl)cc1Cl. The average Bonchev–Trinajstić information content (AvgIpc) is 2.71. The first kappa shape index (κ1) is 23.6. The summed E-state index contributed by atoms with van der Waals surface area (Å²) in [5.41, 5.74) is -0.715. The van der Waals surface area contributed by atoms with Crippen molar-refractivity contribution in [3.8, 4) is 17.4 Å². The zero-order chi connectivity index (χ0) is 23.4. The Labute approximate surface area is 199 Å². The van der Waals surface area contributed by atoms with E-state index in [0.717, 1.165) is 5.56 Å². The van der Waals surface area contributed by atoms with Gasteiger partial charge in [0.1, 0.15) is 12.4 Å². The van der Waals surface area contributed by atoms with Crippen molar-refractivity contribution in [2.45, 2.75) is 6.61 Å². The van der Waals surface area contributed by atoms with Crippen LogP contribution in [0.2, 0.25) is 10.0 Å². The van der Waals surface area contributed by atoms with Crippen molar-refractivity contribution < 1.29 is 19.5 Å². The van der Waals surface area contributed by atoms with Crippen LogP contribution in [0.1, 0.15) is 17.0 Å². The molecule has 0 saturated carbocycles. The fourth-order valence-corrected chi connectivity index (χ4v) is 3.69. The summed E-state index contributed by atoms with van der Waals surface area (Å²) in [6.45, 7) is 0.174. The molecule has 1 aromatic heterocycles. The standard InChI is InChI=1S/C20H14BrCl2N3O6/c1-31-15-7-10(2-5-16-24-19(27)17(26(29)30)20(28)25-16)6-13(21)18(15)32-9-11-3-4-12(22)8-14(11)23/h2-8H,9H2,1H3,(H2,24,25,27,28)/b5-2+. The number of aromatic nitrogens is 2. The van der Waals surface area contributed by atoms with Gasteiger partial charge in [0.25, 0.3) is 5.88 Å². The van der Waals surface area contributed by atoms with Crippen molar-refractivity contribution in [1.82, 2.24) is 9.97 Å². The molecule has 32 heavy (non-hydrogen) atoms. The molecule has 0 bridgehead atoms. The molecule has 0 amide bonds. The summed E-state index contributed by atoms with van der Waals surface area (Å²) in [6, 6.07) is 8.48. The summed E-state index contributed by atoms with van der Waals surface area (Å²) in [7, 11) is 1.48. The molecule has 0 radical (unpaired) electrons. The molecule has 0 saturated heterocycles. The number of H-pyrrole nitrogens is 1.